The summed E-state index contributed by atoms with van der Waals surface area (Å²) in [6, 6.07) is 18.6. The summed E-state index contributed by atoms with van der Waals surface area (Å²) in [4.78, 5) is 15.3. The van der Waals surface area contributed by atoms with Gasteiger partial charge in [0.25, 0.3) is 5.91 Å². The molecular formula is C23H20N2O5. The second-order valence-corrected chi connectivity index (χ2v) is 6.90. The molecule has 3 aromatic rings. The zero-order valence-electron chi connectivity index (χ0n) is 16.5. The van der Waals surface area contributed by atoms with E-state index in [9.17, 15) is 4.79 Å². The van der Waals surface area contributed by atoms with Crippen LogP contribution in [0.3, 0.4) is 0 Å². The topological polar surface area (TPSA) is 69.3 Å². The van der Waals surface area contributed by atoms with Gasteiger partial charge in [-0.1, -0.05) is 24.3 Å². The van der Waals surface area contributed by atoms with E-state index in [-0.39, 0.29) is 12.7 Å². The number of anilines is 2. The highest BCUT2D eigenvalue weighted by Gasteiger charge is 2.36. The Morgan fingerprint density at radius 2 is 1.73 bits per heavy atom. The molecule has 3 aromatic carbocycles. The first-order valence-corrected chi connectivity index (χ1v) is 9.51. The van der Waals surface area contributed by atoms with Crippen molar-refractivity contribution >= 4 is 17.3 Å². The lowest BCUT2D eigenvalue weighted by atomic mass is 10.0. The fourth-order valence-electron chi connectivity index (χ4n) is 3.87. The van der Waals surface area contributed by atoms with Gasteiger partial charge in [0, 0.05) is 11.3 Å². The first-order chi connectivity index (χ1) is 14.7. The Kier molecular flexibility index (Phi) is 4.35. The molecule has 5 rings (SSSR count). The number of methoxy groups -OCH3 is 2. The molecule has 7 nitrogen and oxygen atoms in total. The van der Waals surface area contributed by atoms with Crippen LogP contribution in [-0.2, 0) is 0 Å². The molecule has 1 atom stereocenters. The van der Waals surface area contributed by atoms with Crippen molar-refractivity contribution < 1.29 is 23.7 Å². The normalized spacial score (nSPS) is 16.7. The van der Waals surface area contributed by atoms with Gasteiger partial charge >= 0.3 is 0 Å². The fraction of sp³-hybridized carbons (Fsp3) is 0.174. The molecule has 0 aliphatic carbocycles. The van der Waals surface area contributed by atoms with Crippen molar-refractivity contribution in [3.8, 4) is 23.0 Å². The largest absolute Gasteiger partial charge is 0.495 e. The van der Waals surface area contributed by atoms with Crippen LogP contribution >= 0.6 is 0 Å². The second kappa shape index (κ2) is 7.18. The van der Waals surface area contributed by atoms with Gasteiger partial charge in [-0.05, 0) is 36.4 Å². The average Bonchev–Trinajstić information content (AvgIpc) is 3.27. The van der Waals surface area contributed by atoms with Gasteiger partial charge in [-0.25, -0.2) is 0 Å². The van der Waals surface area contributed by atoms with Gasteiger partial charge in [0.2, 0.25) is 12.5 Å². The standard InChI is InChI=1S/C23H20N2O5/c1-27-18-10-6-5-9-17(18)25-22(24-16-8-4-3-7-15(16)23(25)26)14-11-19(28-2)21-20(12-14)29-13-30-21/h3-12,22,24H,13H2,1-2H3. The van der Waals surface area contributed by atoms with Gasteiger partial charge < -0.3 is 24.3 Å². The molecule has 2 aliphatic heterocycles. The molecule has 0 saturated carbocycles. The number of carbonyl (C=O) groups excluding carboxylic acids is 1. The summed E-state index contributed by atoms with van der Waals surface area (Å²) >= 11 is 0. The number of hydrogen-bond donors (Lipinski definition) is 1. The van der Waals surface area contributed by atoms with Crippen LogP contribution in [0.25, 0.3) is 0 Å². The predicted octanol–water partition coefficient (Wildman–Crippen LogP) is 4.20. The molecule has 152 valence electrons. The van der Waals surface area contributed by atoms with Crippen LogP contribution in [0, 0.1) is 0 Å². The molecule has 2 heterocycles. The third-order valence-corrected chi connectivity index (χ3v) is 5.27. The highest BCUT2D eigenvalue weighted by atomic mass is 16.7. The average molecular weight is 404 g/mol. The van der Waals surface area contributed by atoms with Crippen LogP contribution in [0.5, 0.6) is 23.0 Å². The lowest BCUT2D eigenvalue weighted by Gasteiger charge is -2.38. The van der Waals surface area contributed by atoms with E-state index in [1.807, 2.05) is 60.7 Å². The minimum Gasteiger partial charge on any atom is -0.495 e. The highest BCUT2D eigenvalue weighted by Crippen LogP contribution is 2.46. The zero-order chi connectivity index (χ0) is 20.7. The summed E-state index contributed by atoms with van der Waals surface area (Å²) in [7, 11) is 3.17. The first-order valence-electron chi connectivity index (χ1n) is 9.51. The zero-order valence-corrected chi connectivity index (χ0v) is 16.5. The molecule has 0 fully saturated rings. The first kappa shape index (κ1) is 18.2. The Bertz CT molecular complexity index is 1130. The maximum atomic E-state index is 13.6. The van der Waals surface area contributed by atoms with Crippen LogP contribution in [-0.4, -0.2) is 26.9 Å². The maximum absolute atomic E-state index is 13.6. The Balaban J connectivity index is 1.70. The van der Waals surface area contributed by atoms with Crippen molar-refractivity contribution in [1.82, 2.24) is 0 Å². The van der Waals surface area contributed by atoms with Crippen molar-refractivity contribution in [2.75, 3.05) is 31.2 Å². The third kappa shape index (κ3) is 2.78. The van der Waals surface area contributed by atoms with E-state index in [0.29, 0.717) is 34.2 Å². The number of para-hydroxylation sites is 3. The molecule has 0 bridgehead atoms. The Morgan fingerprint density at radius 1 is 0.967 bits per heavy atom. The van der Waals surface area contributed by atoms with Crippen LogP contribution in [0.1, 0.15) is 22.1 Å². The second-order valence-electron chi connectivity index (χ2n) is 6.90. The number of carbonyl (C=O) groups is 1. The lowest BCUT2D eigenvalue weighted by molar-refractivity contribution is 0.0974. The van der Waals surface area contributed by atoms with E-state index in [1.165, 1.54) is 0 Å². The highest BCUT2D eigenvalue weighted by molar-refractivity contribution is 6.12. The van der Waals surface area contributed by atoms with Crippen LogP contribution in [0.15, 0.2) is 60.7 Å². The number of amides is 1. The minimum atomic E-state index is -0.507. The van der Waals surface area contributed by atoms with Crippen LogP contribution < -0.4 is 29.2 Å². The number of ether oxygens (including phenoxy) is 4. The van der Waals surface area contributed by atoms with E-state index >= 15 is 0 Å². The summed E-state index contributed by atoms with van der Waals surface area (Å²) in [5, 5.41) is 3.48. The quantitative estimate of drug-likeness (QED) is 0.703. The lowest BCUT2D eigenvalue weighted by Crippen LogP contribution is -2.43. The van der Waals surface area contributed by atoms with Crippen molar-refractivity contribution in [3.63, 3.8) is 0 Å². The Hall–Kier alpha value is -3.87. The number of fused-ring (bicyclic) bond motifs is 2. The van der Waals surface area contributed by atoms with E-state index in [2.05, 4.69) is 5.32 Å². The minimum absolute atomic E-state index is 0.129. The van der Waals surface area contributed by atoms with E-state index < -0.39 is 6.17 Å². The van der Waals surface area contributed by atoms with Crippen molar-refractivity contribution in [2.24, 2.45) is 0 Å². The molecule has 30 heavy (non-hydrogen) atoms. The predicted molar refractivity (Wildman–Crippen MR) is 112 cm³/mol. The fourth-order valence-corrected chi connectivity index (χ4v) is 3.87. The molecular weight excluding hydrogens is 384 g/mol. The van der Waals surface area contributed by atoms with Gasteiger partial charge in [0.15, 0.2) is 11.5 Å². The molecule has 0 saturated heterocycles. The molecule has 2 aliphatic rings. The molecule has 1 amide bonds. The summed E-state index contributed by atoms with van der Waals surface area (Å²) in [5.41, 5.74) is 2.81. The van der Waals surface area contributed by atoms with Gasteiger partial charge in [-0.3, -0.25) is 9.69 Å². The molecule has 0 aromatic heterocycles. The number of rotatable bonds is 4. The summed E-state index contributed by atoms with van der Waals surface area (Å²) in [6.45, 7) is 0.130. The molecule has 0 radical (unpaired) electrons. The van der Waals surface area contributed by atoms with E-state index in [4.69, 9.17) is 18.9 Å². The Labute approximate surface area is 173 Å². The third-order valence-electron chi connectivity index (χ3n) is 5.27. The van der Waals surface area contributed by atoms with Gasteiger partial charge in [0.05, 0.1) is 25.5 Å². The van der Waals surface area contributed by atoms with Crippen molar-refractivity contribution in [3.05, 3.63) is 71.8 Å². The van der Waals surface area contributed by atoms with Crippen LogP contribution in [0.4, 0.5) is 11.4 Å². The number of benzene rings is 3. The number of hydrogen-bond acceptors (Lipinski definition) is 6. The van der Waals surface area contributed by atoms with Crippen LogP contribution in [0.2, 0.25) is 0 Å². The van der Waals surface area contributed by atoms with E-state index in [0.717, 1.165) is 11.3 Å². The SMILES string of the molecule is COc1ccccc1N1C(=O)c2ccccc2NC1c1cc(OC)c2c(c1)OCO2. The molecule has 7 heteroatoms. The monoisotopic (exact) mass is 404 g/mol. The van der Waals surface area contributed by atoms with Crippen molar-refractivity contribution in [1.29, 1.82) is 0 Å². The van der Waals surface area contributed by atoms with Gasteiger partial charge in [-0.15, -0.1) is 0 Å². The molecule has 0 spiro atoms. The molecule has 1 N–H and O–H groups in total. The van der Waals surface area contributed by atoms with Crippen molar-refractivity contribution in [2.45, 2.75) is 6.17 Å². The number of nitrogens with zero attached hydrogens (tertiary/aromatic N) is 1. The Morgan fingerprint density at radius 3 is 2.57 bits per heavy atom. The van der Waals surface area contributed by atoms with Gasteiger partial charge in [-0.2, -0.15) is 0 Å². The van der Waals surface area contributed by atoms with E-state index in [1.54, 1.807) is 19.1 Å². The molecule has 1 unspecified atom stereocenters. The number of nitrogens with one attached hydrogen (secondary N) is 1. The van der Waals surface area contributed by atoms with Gasteiger partial charge in [0.1, 0.15) is 11.9 Å². The maximum Gasteiger partial charge on any atom is 0.262 e. The summed E-state index contributed by atoms with van der Waals surface area (Å²) < 4.78 is 22.2. The smallest absolute Gasteiger partial charge is 0.262 e. The summed E-state index contributed by atoms with van der Waals surface area (Å²) in [5.74, 6) is 2.17. The summed E-state index contributed by atoms with van der Waals surface area (Å²) in [6.07, 6.45) is -0.507.